The van der Waals surface area contributed by atoms with E-state index in [-0.39, 0.29) is 18.0 Å². The highest BCUT2D eigenvalue weighted by molar-refractivity contribution is 5.76. The molecular weight excluding hydrogens is 248 g/mol. The van der Waals surface area contributed by atoms with Crippen LogP contribution in [0.2, 0.25) is 0 Å². The van der Waals surface area contributed by atoms with E-state index in [1.54, 1.807) is 4.90 Å². The number of H-pyrrole nitrogens is 1. The highest BCUT2D eigenvalue weighted by atomic mass is 16.2. The number of carbonyl (C=O) groups excluding carboxylic acids is 1. The van der Waals surface area contributed by atoms with Gasteiger partial charge >= 0.3 is 5.69 Å². The van der Waals surface area contributed by atoms with Crippen molar-refractivity contribution < 1.29 is 4.79 Å². The lowest BCUT2D eigenvalue weighted by Crippen LogP contribution is -2.48. The average molecular weight is 266 g/mol. The Bertz CT molecular complexity index is 569. The maximum Gasteiger partial charge on any atom is 0.328 e. The summed E-state index contributed by atoms with van der Waals surface area (Å²) in [6.07, 6.45) is 2.00. The molecule has 104 valence electrons. The molecule has 1 aromatic heterocycles. The minimum absolute atomic E-state index is 0.0252. The van der Waals surface area contributed by atoms with Crippen molar-refractivity contribution in [1.29, 1.82) is 0 Å². The largest absolute Gasteiger partial charge is 0.339 e. The van der Waals surface area contributed by atoms with Gasteiger partial charge in [-0.3, -0.25) is 19.1 Å². The van der Waals surface area contributed by atoms with E-state index < -0.39 is 5.69 Å². The number of hydrogen-bond donors (Lipinski definition) is 2. The lowest BCUT2D eigenvalue weighted by Gasteiger charge is -2.27. The number of nitrogens with zero attached hydrogens (tertiary/aromatic N) is 2. The molecule has 1 aliphatic rings. The maximum absolute atomic E-state index is 12.1. The quantitative estimate of drug-likeness (QED) is 0.699. The standard InChI is InChI=1S/C12H18N4O3/c1-2-9-7-16(12(19)14-11(9)18)8-10(17)15-5-3-13-4-6-15/h7,13H,2-6,8H2,1H3,(H,14,18,19). The smallest absolute Gasteiger partial charge is 0.328 e. The van der Waals surface area contributed by atoms with E-state index in [4.69, 9.17) is 0 Å². The lowest BCUT2D eigenvalue weighted by molar-refractivity contribution is -0.132. The zero-order valence-electron chi connectivity index (χ0n) is 10.9. The molecule has 1 saturated heterocycles. The van der Waals surface area contributed by atoms with Crippen molar-refractivity contribution in [3.05, 3.63) is 32.6 Å². The van der Waals surface area contributed by atoms with E-state index in [1.807, 2.05) is 6.92 Å². The molecule has 0 unspecified atom stereocenters. The Balaban J connectivity index is 2.16. The van der Waals surface area contributed by atoms with E-state index >= 15 is 0 Å². The van der Waals surface area contributed by atoms with Gasteiger partial charge in [0.15, 0.2) is 0 Å². The Kier molecular flexibility index (Phi) is 4.16. The number of hydrogen-bond acceptors (Lipinski definition) is 4. The van der Waals surface area contributed by atoms with Gasteiger partial charge in [0.1, 0.15) is 6.54 Å². The third kappa shape index (κ3) is 3.11. The van der Waals surface area contributed by atoms with Gasteiger partial charge in [-0.1, -0.05) is 6.92 Å². The van der Waals surface area contributed by atoms with E-state index in [0.29, 0.717) is 25.1 Å². The summed E-state index contributed by atoms with van der Waals surface area (Å²) >= 11 is 0. The predicted octanol–water partition coefficient (Wildman–Crippen LogP) is -1.47. The van der Waals surface area contributed by atoms with E-state index in [9.17, 15) is 14.4 Å². The molecular formula is C12H18N4O3. The van der Waals surface area contributed by atoms with Crippen molar-refractivity contribution in [2.24, 2.45) is 0 Å². The highest BCUT2D eigenvalue weighted by Gasteiger charge is 2.17. The van der Waals surface area contributed by atoms with Crippen molar-refractivity contribution in [2.45, 2.75) is 19.9 Å². The summed E-state index contributed by atoms with van der Waals surface area (Å²) in [6.45, 7) is 4.65. The molecule has 2 heterocycles. The van der Waals surface area contributed by atoms with Crippen LogP contribution in [0.4, 0.5) is 0 Å². The van der Waals surface area contributed by atoms with Crippen molar-refractivity contribution in [1.82, 2.24) is 19.8 Å². The second kappa shape index (κ2) is 5.83. The Morgan fingerprint density at radius 2 is 2.00 bits per heavy atom. The monoisotopic (exact) mass is 266 g/mol. The second-order valence-corrected chi connectivity index (χ2v) is 4.53. The molecule has 7 nitrogen and oxygen atoms in total. The molecule has 1 aliphatic heterocycles. The highest BCUT2D eigenvalue weighted by Crippen LogP contribution is 1.96. The number of rotatable bonds is 3. The van der Waals surface area contributed by atoms with E-state index in [2.05, 4.69) is 10.3 Å². The molecule has 0 bridgehead atoms. The zero-order chi connectivity index (χ0) is 13.8. The molecule has 19 heavy (non-hydrogen) atoms. The van der Waals surface area contributed by atoms with Crippen molar-refractivity contribution in [2.75, 3.05) is 26.2 Å². The number of piperazine rings is 1. The van der Waals surface area contributed by atoms with Gasteiger partial charge in [0.05, 0.1) is 0 Å². The molecule has 2 rings (SSSR count). The maximum atomic E-state index is 12.1. The predicted molar refractivity (Wildman–Crippen MR) is 70.2 cm³/mol. The molecule has 7 heteroatoms. The van der Waals surface area contributed by atoms with Gasteiger partial charge in [-0.25, -0.2) is 4.79 Å². The summed E-state index contributed by atoms with van der Waals surface area (Å²) in [5.41, 5.74) is -0.406. The van der Waals surface area contributed by atoms with Gasteiger partial charge in [-0.05, 0) is 6.42 Å². The summed E-state index contributed by atoms with van der Waals surface area (Å²) in [4.78, 5) is 39.1. The first-order chi connectivity index (χ1) is 9.11. The third-order valence-corrected chi connectivity index (χ3v) is 3.24. The van der Waals surface area contributed by atoms with Gasteiger partial charge in [0.2, 0.25) is 5.91 Å². The first kappa shape index (κ1) is 13.5. The molecule has 2 N–H and O–H groups in total. The van der Waals surface area contributed by atoms with Crippen LogP contribution in [0, 0.1) is 0 Å². The summed E-state index contributed by atoms with van der Waals surface area (Å²) < 4.78 is 1.27. The van der Waals surface area contributed by atoms with Gasteiger partial charge < -0.3 is 10.2 Å². The summed E-state index contributed by atoms with van der Waals surface area (Å²) in [5.74, 6) is -0.0993. The number of aromatic amines is 1. The van der Waals surface area contributed by atoms with Crippen LogP contribution in [0.15, 0.2) is 15.8 Å². The zero-order valence-corrected chi connectivity index (χ0v) is 10.9. The van der Waals surface area contributed by atoms with Crippen LogP contribution in [0.5, 0.6) is 0 Å². The molecule has 0 spiro atoms. The van der Waals surface area contributed by atoms with Crippen molar-refractivity contribution in [3.63, 3.8) is 0 Å². The Morgan fingerprint density at radius 3 is 2.63 bits per heavy atom. The van der Waals surface area contributed by atoms with Gasteiger partial charge in [-0.2, -0.15) is 0 Å². The molecule has 1 fully saturated rings. The van der Waals surface area contributed by atoms with Crippen molar-refractivity contribution >= 4 is 5.91 Å². The van der Waals surface area contributed by atoms with E-state index in [0.717, 1.165) is 13.1 Å². The fourth-order valence-electron chi connectivity index (χ4n) is 2.08. The molecule has 1 aromatic rings. The molecule has 0 atom stereocenters. The first-order valence-corrected chi connectivity index (χ1v) is 6.43. The molecule has 0 aromatic carbocycles. The topological polar surface area (TPSA) is 87.2 Å². The van der Waals surface area contributed by atoms with Crippen molar-refractivity contribution in [3.8, 4) is 0 Å². The van der Waals surface area contributed by atoms with Crippen LogP contribution < -0.4 is 16.6 Å². The van der Waals surface area contributed by atoms with Gasteiger partial charge in [-0.15, -0.1) is 0 Å². The molecule has 0 radical (unpaired) electrons. The fourth-order valence-corrected chi connectivity index (χ4v) is 2.08. The normalized spacial score (nSPS) is 15.5. The minimum atomic E-state index is -0.536. The van der Waals surface area contributed by atoms with Crippen LogP contribution in [0.3, 0.4) is 0 Å². The Labute approximate surface area is 110 Å². The average Bonchev–Trinajstić information content (AvgIpc) is 2.42. The van der Waals surface area contributed by atoms with Gasteiger partial charge in [0, 0.05) is 37.9 Å². The minimum Gasteiger partial charge on any atom is -0.339 e. The number of carbonyl (C=O) groups is 1. The number of nitrogens with one attached hydrogen (secondary N) is 2. The fraction of sp³-hybridized carbons (Fsp3) is 0.583. The Morgan fingerprint density at radius 1 is 1.32 bits per heavy atom. The summed E-state index contributed by atoms with van der Waals surface area (Å²) in [7, 11) is 0. The molecule has 0 aliphatic carbocycles. The Hall–Kier alpha value is -1.89. The van der Waals surface area contributed by atoms with E-state index in [1.165, 1.54) is 10.8 Å². The second-order valence-electron chi connectivity index (χ2n) is 4.53. The van der Waals surface area contributed by atoms with Gasteiger partial charge in [0.25, 0.3) is 5.56 Å². The third-order valence-electron chi connectivity index (χ3n) is 3.24. The number of amides is 1. The summed E-state index contributed by atoms with van der Waals surface area (Å²) in [6, 6.07) is 0. The molecule has 1 amide bonds. The summed E-state index contributed by atoms with van der Waals surface area (Å²) in [5, 5.41) is 3.16. The van der Waals surface area contributed by atoms with Crippen LogP contribution in [-0.2, 0) is 17.8 Å². The number of aryl methyl sites for hydroxylation is 1. The van der Waals surface area contributed by atoms with Crippen LogP contribution in [0.1, 0.15) is 12.5 Å². The van der Waals surface area contributed by atoms with Crippen LogP contribution >= 0.6 is 0 Å². The molecule has 0 saturated carbocycles. The lowest BCUT2D eigenvalue weighted by atomic mass is 10.2. The van der Waals surface area contributed by atoms with Crippen LogP contribution in [0.25, 0.3) is 0 Å². The first-order valence-electron chi connectivity index (χ1n) is 6.43. The SMILES string of the molecule is CCc1cn(CC(=O)N2CCNCC2)c(=O)[nH]c1=O. The number of aromatic nitrogens is 2. The van der Waals surface area contributed by atoms with Crippen LogP contribution in [-0.4, -0.2) is 46.5 Å².